The fourth-order valence-corrected chi connectivity index (χ4v) is 2.31. The topological polar surface area (TPSA) is 68.3 Å². The maximum Gasteiger partial charge on any atom is 0.287 e. The van der Waals surface area contributed by atoms with Crippen LogP contribution < -0.4 is 11.1 Å². The number of carbonyl (C=O) groups excluding carboxylic acids is 1. The van der Waals surface area contributed by atoms with Crippen LogP contribution in [0.3, 0.4) is 0 Å². The predicted octanol–water partition coefficient (Wildman–Crippen LogP) is 3.61. The van der Waals surface area contributed by atoms with Crippen LogP contribution in [0.5, 0.6) is 0 Å². The molecule has 0 radical (unpaired) electrons. The summed E-state index contributed by atoms with van der Waals surface area (Å²) < 4.78 is 19.2. The zero-order chi connectivity index (χ0) is 16.1. The predicted molar refractivity (Wildman–Crippen MR) is 91.1 cm³/mol. The van der Waals surface area contributed by atoms with Crippen molar-refractivity contribution in [3.8, 4) is 11.3 Å². The van der Waals surface area contributed by atoms with E-state index in [0.717, 1.165) is 6.42 Å². The van der Waals surface area contributed by atoms with Crippen molar-refractivity contribution in [3.05, 3.63) is 48.0 Å². The van der Waals surface area contributed by atoms with Gasteiger partial charge in [0, 0.05) is 12.6 Å². The molecule has 1 aromatic carbocycles. The molecule has 2 aromatic rings. The Morgan fingerprint density at radius 2 is 1.96 bits per heavy atom. The molecule has 1 unspecified atom stereocenters. The summed E-state index contributed by atoms with van der Waals surface area (Å²) in [5.74, 6) is 0.193. The average Bonchev–Trinajstić information content (AvgIpc) is 2.96. The number of amides is 1. The van der Waals surface area contributed by atoms with E-state index in [1.807, 2.05) is 0 Å². The minimum atomic E-state index is -0.386. The molecule has 0 aliphatic carbocycles. The first-order valence-electron chi connectivity index (χ1n) is 7.37. The van der Waals surface area contributed by atoms with Crippen molar-refractivity contribution in [2.24, 2.45) is 11.7 Å². The number of halogens is 2. The second-order valence-corrected chi connectivity index (χ2v) is 5.68. The first kappa shape index (κ1) is 19.2. The highest BCUT2D eigenvalue weighted by Crippen LogP contribution is 2.24. The van der Waals surface area contributed by atoms with Crippen LogP contribution in [-0.4, -0.2) is 18.5 Å². The number of hydrogen-bond donors (Lipinski definition) is 2. The molecule has 1 heterocycles. The molecule has 23 heavy (non-hydrogen) atoms. The molecule has 1 aromatic heterocycles. The molecular weight excluding hydrogens is 319 g/mol. The summed E-state index contributed by atoms with van der Waals surface area (Å²) >= 11 is 0. The third-order valence-corrected chi connectivity index (χ3v) is 3.34. The number of carbonyl (C=O) groups is 1. The van der Waals surface area contributed by atoms with Crippen LogP contribution in [0.25, 0.3) is 11.3 Å². The van der Waals surface area contributed by atoms with Crippen molar-refractivity contribution in [1.82, 2.24) is 5.32 Å². The maximum atomic E-state index is 13.7. The highest BCUT2D eigenvalue weighted by Gasteiger charge is 2.18. The first-order chi connectivity index (χ1) is 10.5. The lowest BCUT2D eigenvalue weighted by Gasteiger charge is -2.17. The maximum absolute atomic E-state index is 13.7. The lowest BCUT2D eigenvalue weighted by atomic mass is 10.0. The Morgan fingerprint density at radius 3 is 2.57 bits per heavy atom. The standard InChI is InChI=1S/C17H21FN2O2.ClH/c1-11(2)9-12(10-19)20-17(21)16-8-7-15(22-16)13-5-3-4-6-14(13)18;/h3-8,11-12H,9-10,19H2,1-2H3,(H,20,21);1H. The minimum absolute atomic E-state index is 0. The van der Waals surface area contributed by atoms with E-state index >= 15 is 0 Å². The molecule has 1 atom stereocenters. The van der Waals surface area contributed by atoms with E-state index in [1.54, 1.807) is 30.3 Å². The molecule has 6 heteroatoms. The highest BCUT2D eigenvalue weighted by atomic mass is 35.5. The Bertz CT molecular complexity index is 643. The summed E-state index contributed by atoms with van der Waals surface area (Å²) in [7, 11) is 0. The van der Waals surface area contributed by atoms with Crippen molar-refractivity contribution in [3.63, 3.8) is 0 Å². The third kappa shape index (κ3) is 5.08. The van der Waals surface area contributed by atoms with E-state index in [9.17, 15) is 9.18 Å². The van der Waals surface area contributed by atoms with E-state index in [4.69, 9.17) is 10.2 Å². The summed E-state index contributed by atoms with van der Waals surface area (Å²) in [6.45, 7) is 4.50. The molecule has 0 aliphatic heterocycles. The molecule has 3 N–H and O–H groups in total. The number of furan rings is 1. The fourth-order valence-electron chi connectivity index (χ4n) is 2.31. The van der Waals surface area contributed by atoms with Crippen LogP contribution in [0.1, 0.15) is 30.8 Å². The Labute approximate surface area is 141 Å². The van der Waals surface area contributed by atoms with E-state index in [2.05, 4.69) is 19.2 Å². The molecule has 0 spiro atoms. The van der Waals surface area contributed by atoms with Gasteiger partial charge in [0.2, 0.25) is 0 Å². The molecule has 0 saturated carbocycles. The zero-order valence-corrected chi connectivity index (χ0v) is 14.0. The van der Waals surface area contributed by atoms with Gasteiger partial charge in [0.1, 0.15) is 11.6 Å². The van der Waals surface area contributed by atoms with Gasteiger partial charge in [0.15, 0.2) is 5.76 Å². The van der Waals surface area contributed by atoms with Crippen molar-refractivity contribution in [2.45, 2.75) is 26.3 Å². The van der Waals surface area contributed by atoms with Gasteiger partial charge in [-0.3, -0.25) is 4.79 Å². The molecule has 0 aliphatic rings. The molecule has 0 bridgehead atoms. The molecular formula is C17H22ClFN2O2. The van der Waals surface area contributed by atoms with E-state index in [-0.39, 0.29) is 35.9 Å². The monoisotopic (exact) mass is 340 g/mol. The van der Waals surface area contributed by atoms with Crippen molar-refractivity contribution in [2.75, 3.05) is 6.54 Å². The van der Waals surface area contributed by atoms with Crippen molar-refractivity contribution < 1.29 is 13.6 Å². The van der Waals surface area contributed by atoms with Gasteiger partial charge in [-0.2, -0.15) is 0 Å². The molecule has 1 amide bonds. The van der Waals surface area contributed by atoms with Crippen LogP contribution in [0.4, 0.5) is 4.39 Å². The van der Waals surface area contributed by atoms with Crippen LogP contribution in [0.15, 0.2) is 40.8 Å². The van der Waals surface area contributed by atoms with Crippen LogP contribution in [0.2, 0.25) is 0 Å². The fraction of sp³-hybridized carbons (Fsp3) is 0.353. The lowest BCUT2D eigenvalue weighted by Crippen LogP contribution is -2.40. The van der Waals surface area contributed by atoms with Gasteiger partial charge in [-0.25, -0.2) is 4.39 Å². The Hall–Kier alpha value is -1.85. The van der Waals surface area contributed by atoms with Gasteiger partial charge in [0.25, 0.3) is 5.91 Å². The third-order valence-electron chi connectivity index (χ3n) is 3.34. The van der Waals surface area contributed by atoms with E-state index in [1.165, 1.54) is 6.07 Å². The molecule has 4 nitrogen and oxygen atoms in total. The van der Waals surface area contributed by atoms with Gasteiger partial charge in [0.05, 0.1) is 5.56 Å². The number of rotatable bonds is 6. The summed E-state index contributed by atoms with van der Waals surface area (Å²) in [4.78, 5) is 12.2. The normalized spacial score (nSPS) is 11.9. The Kier molecular flexibility index (Phi) is 7.26. The highest BCUT2D eigenvalue weighted by molar-refractivity contribution is 5.92. The number of nitrogens with one attached hydrogen (secondary N) is 1. The van der Waals surface area contributed by atoms with Gasteiger partial charge >= 0.3 is 0 Å². The summed E-state index contributed by atoms with van der Waals surface area (Å²) in [5.41, 5.74) is 6.00. The number of nitrogens with two attached hydrogens (primary N) is 1. The molecule has 126 valence electrons. The molecule has 0 saturated heterocycles. The number of hydrogen-bond acceptors (Lipinski definition) is 3. The van der Waals surface area contributed by atoms with Crippen molar-refractivity contribution >= 4 is 18.3 Å². The van der Waals surface area contributed by atoms with Gasteiger partial charge < -0.3 is 15.5 Å². The quantitative estimate of drug-likeness (QED) is 0.844. The number of benzene rings is 1. The molecule has 0 fully saturated rings. The van der Waals surface area contributed by atoms with Crippen LogP contribution in [-0.2, 0) is 0 Å². The van der Waals surface area contributed by atoms with E-state index in [0.29, 0.717) is 23.8 Å². The first-order valence-corrected chi connectivity index (χ1v) is 7.37. The van der Waals surface area contributed by atoms with Gasteiger partial charge in [-0.15, -0.1) is 12.4 Å². The van der Waals surface area contributed by atoms with Gasteiger partial charge in [-0.05, 0) is 36.6 Å². The van der Waals surface area contributed by atoms with Crippen molar-refractivity contribution in [1.29, 1.82) is 0 Å². The second-order valence-electron chi connectivity index (χ2n) is 5.68. The van der Waals surface area contributed by atoms with E-state index < -0.39 is 0 Å². The summed E-state index contributed by atoms with van der Waals surface area (Å²) in [6, 6.07) is 9.31. The smallest absolute Gasteiger partial charge is 0.287 e. The van der Waals surface area contributed by atoms with Gasteiger partial charge in [-0.1, -0.05) is 26.0 Å². The van der Waals surface area contributed by atoms with Crippen LogP contribution in [0, 0.1) is 11.7 Å². The summed E-state index contributed by atoms with van der Waals surface area (Å²) in [5, 5.41) is 2.84. The minimum Gasteiger partial charge on any atom is -0.451 e. The SMILES string of the molecule is CC(C)CC(CN)NC(=O)c1ccc(-c2ccccc2F)o1.Cl. The van der Waals surface area contributed by atoms with Crippen LogP contribution >= 0.6 is 12.4 Å². The summed E-state index contributed by atoms with van der Waals surface area (Å²) in [6.07, 6.45) is 0.795. The largest absolute Gasteiger partial charge is 0.451 e. The zero-order valence-electron chi connectivity index (χ0n) is 13.2. The lowest BCUT2D eigenvalue weighted by molar-refractivity contribution is 0.0906. The molecule has 2 rings (SSSR count). The second kappa shape index (κ2) is 8.70. The average molecular weight is 341 g/mol. The Balaban J connectivity index is 0.00000264. The Morgan fingerprint density at radius 1 is 1.26 bits per heavy atom.